The van der Waals surface area contributed by atoms with Crippen molar-refractivity contribution < 1.29 is 4.79 Å². The third kappa shape index (κ3) is 1.37. The van der Waals surface area contributed by atoms with Crippen LogP contribution in [-0.4, -0.2) is 18.9 Å². The Morgan fingerprint density at radius 1 is 1.50 bits per heavy atom. The van der Waals surface area contributed by atoms with E-state index in [4.69, 9.17) is 0 Å². The Kier molecular flexibility index (Phi) is 2.44. The van der Waals surface area contributed by atoms with Gasteiger partial charge < -0.3 is 5.32 Å². The standard InChI is InChI=1S/C8H15NO/c1-6(10)7-4-3-5-8(7)9-2/h7-9H,3-5H2,1-2H3/t7-,8+/m1/s1. The van der Waals surface area contributed by atoms with E-state index in [9.17, 15) is 4.79 Å². The van der Waals surface area contributed by atoms with Crippen LogP contribution in [0.25, 0.3) is 0 Å². The first kappa shape index (κ1) is 7.73. The van der Waals surface area contributed by atoms with Crippen LogP contribution in [0.1, 0.15) is 26.2 Å². The van der Waals surface area contributed by atoms with Crippen molar-refractivity contribution in [2.24, 2.45) is 5.92 Å². The van der Waals surface area contributed by atoms with Crippen LogP contribution in [0.2, 0.25) is 0 Å². The number of carbonyl (C=O) groups is 1. The molecule has 2 atom stereocenters. The number of carbonyl (C=O) groups excluding carboxylic acids is 1. The lowest BCUT2D eigenvalue weighted by Crippen LogP contribution is -2.32. The Bertz CT molecular complexity index is 133. The zero-order valence-corrected chi connectivity index (χ0v) is 6.68. The van der Waals surface area contributed by atoms with Crippen LogP contribution in [0.5, 0.6) is 0 Å². The molecule has 0 unspecified atom stereocenters. The Labute approximate surface area is 62.0 Å². The van der Waals surface area contributed by atoms with Crippen LogP contribution in [0.15, 0.2) is 0 Å². The SMILES string of the molecule is CN[C@H]1CCC[C@@H]1C(C)=O. The highest BCUT2D eigenvalue weighted by Crippen LogP contribution is 2.25. The largest absolute Gasteiger partial charge is 0.316 e. The molecule has 0 amide bonds. The number of rotatable bonds is 2. The van der Waals surface area contributed by atoms with Crippen molar-refractivity contribution in [3.05, 3.63) is 0 Å². The van der Waals surface area contributed by atoms with Crippen molar-refractivity contribution in [1.82, 2.24) is 5.32 Å². The maximum atomic E-state index is 11.0. The van der Waals surface area contributed by atoms with E-state index in [0.29, 0.717) is 17.7 Å². The Morgan fingerprint density at radius 2 is 2.20 bits per heavy atom. The van der Waals surface area contributed by atoms with Gasteiger partial charge in [0.25, 0.3) is 0 Å². The molecule has 0 aromatic carbocycles. The summed E-state index contributed by atoms with van der Waals surface area (Å²) in [5, 5.41) is 3.17. The first-order chi connectivity index (χ1) is 4.75. The van der Waals surface area contributed by atoms with Crippen LogP contribution in [-0.2, 0) is 4.79 Å². The molecule has 1 aliphatic rings. The van der Waals surface area contributed by atoms with Gasteiger partial charge in [-0.05, 0) is 26.8 Å². The Hall–Kier alpha value is -0.370. The van der Waals surface area contributed by atoms with E-state index < -0.39 is 0 Å². The fraction of sp³-hybridized carbons (Fsp3) is 0.875. The minimum absolute atomic E-state index is 0.296. The van der Waals surface area contributed by atoms with Gasteiger partial charge in [0, 0.05) is 12.0 Å². The molecule has 0 heterocycles. The zero-order chi connectivity index (χ0) is 7.56. The summed E-state index contributed by atoms with van der Waals surface area (Å²) in [6.45, 7) is 1.69. The van der Waals surface area contributed by atoms with Gasteiger partial charge in [-0.3, -0.25) is 4.79 Å². The quantitative estimate of drug-likeness (QED) is 0.620. The highest BCUT2D eigenvalue weighted by molar-refractivity contribution is 5.79. The minimum atomic E-state index is 0.296. The topological polar surface area (TPSA) is 29.1 Å². The van der Waals surface area contributed by atoms with Crippen LogP contribution < -0.4 is 5.32 Å². The molecule has 0 aromatic heterocycles. The lowest BCUT2D eigenvalue weighted by atomic mass is 10.00. The molecule has 1 fully saturated rings. The van der Waals surface area contributed by atoms with Crippen molar-refractivity contribution >= 4 is 5.78 Å². The normalized spacial score (nSPS) is 32.6. The van der Waals surface area contributed by atoms with Crippen molar-refractivity contribution in [2.45, 2.75) is 32.2 Å². The Morgan fingerprint density at radius 3 is 2.60 bits per heavy atom. The summed E-state index contributed by atoms with van der Waals surface area (Å²) in [5.41, 5.74) is 0. The summed E-state index contributed by atoms with van der Waals surface area (Å²) in [6, 6.07) is 0.456. The van der Waals surface area contributed by atoms with Gasteiger partial charge in [-0.15, -0.1) is 0 Å². The molecule has 1 aliphatic carbocycles. The van der Waals surface area contributed by atoms with Gasteiger partial charge in [-0.1, -0.05) is 6.42 Å². The molecule has 1 rings (SSSR count). The molecule has 0 bridgehead atoms. The Balaban J connectivity index is 2.50. The van der Waals surface area contributed by atoms with E-state index in [1.807, 2.05) is 7.05 Å². The number of hydrogen-bond acceptors (Lipinski definition) is 2. The predicted octanol–water partition coefficient (Wildman–Crippen LogP) is 0.963. The first-order valence-electron chi connectivity index (χ1n) is 3.93. The van der Waals surface area contributed by atoms with Gasteiger partial charge in [0.05, 0.1) is 0 Å². The molecule has 0 aliphatic heterocycles. The van der Waals surface area contributed by atoms with E-state index in [0.717, 1.165) is 6.42 Å². The summed E-state index contributed by atoms with van der Waals surface area (Å²) >= 11 is 0. The first-order valence-corrected chi connectivity index (χ1v) is 3.93. The second-order valence-electron chi connectivity index (χ2n) is 3.04. The summed E-state index contributed by atoms with van der Waals surface area (Å²) < 4.78 is 0. The smallest absolute Gasteiger partial charge is 0.134 e. The highest BCUT2D eigenvalue weighted by atomic mass is 16.1. The minimum Gasteiger partial charge on any atom is -0.316 e. The average molecular weight is 141 g/mol. The molecule has 1 N–H and O–H groups in total. The van der Waals surface area contributed by atoms with Gasteiger partial charge >= 0.3 is 0 Å². The van der Waals surface area contributed by atoms with Crippen LogP contribution >= 0.6 is 0 Å². The lowest BCUT2D eigenvalue weighted by Gasteiger charge is -2.14. The molecular weight excluding hydrogens is 126 g/mol. The summed E-state index contributed by atoms with van der Waals surface area (Å²) in [6.07, 6.45) is 3.46. The van der Waals surface area contributed by atoms with Crippen LogP contribution in [0.4, 0.5) is 0 Å². The summed E-state index contributed by atoms with van der Waals surface area (Å²) in [7, 11) is 1.94. The van der Waals surface area contributed by atoms with Gasteiger partial charge in [0.15, 0.2) is 0 Å². The maximum Gasteiger partial charge on any atom is 0.134 e. The number of hydrogen-bond donors (Lipinski definition) is 1. The molecule has 0 aromatic rings. The van der Waals surface area contributed by atoms with Crippen LogP contribution in [0, 0.1) is 5.92 Å². The predicted molar refractivity (Wildman–Crippen MR) is 40.9 cm³/mol. The molecule has 0 spiro atoms. The molecular formula is C8H15NO. The summed E-state index contributed by atoms with van der Waals surface area (Å²) in [4.78, 5) is 11.0. The van der Waals surface area contributed by atoms with Crippen molar-refractivity contribution in [1.29, 1.82) is 0 Å². The number of Topliss-reactive ketones (excluding diaryl/α,β-unsaturated/α-hetero) is 1. The van der Waals surface area contributed by atoms with E-state index in [2.05, 4.69) is 5.32 Å². The van der Waals surface area contributed by atoms with Crippen molar-refractivity contribution in [2.75, 3.05) is 7.05 Å². The van der Waals surface area contributed by atoms with Gasteiger partial charge in [0.2, 0.25) is 0 Å². The summed E-state index contributed by atoms with van der Waals surface area (Å²) in [5.74, 6) is 0.641. The van der Waals surface area contributed by atoms with Gasteiger partial charge in [0.1, 0.15) is 5.78 Å². The fourth-order valence-corrected chi connectivity index (χ4v) is 1.79. The number of nitrogens with one attached hydrogen (secondary N) is 1. The molecule has 58 valence electrons. The zero-order valence-electron chi connectivity index (χ0n) is 6.68. The highest BCUT2D eigenvalue weighted by Gasteiger charge is 2.28. The second kappa shape index (κ2) is 3.15. The van der Waals surface area contributed by atoms with Gasteiger partial charge in [-0.25, -0.2) is 0 Å². The molecule has 1 saturated carbocycles. The second-order valence-corrected chi connectivity index (χ2v) is 3.04. The third-order valence-corrected chi connectivity index (χ3v) is 2.41. The van der Waals surface area contributed by atoms with E-state index in [1.54, 1.807) is 6.92 Å². The lowest BCUT2D eigenvalue weighted by molar-refractivity contribution is -0.121. The van der Waals surface area contributed by atoms with E-state index in [-0.39, 0.29) is 0 Å². The van der Waals surface area contributed by atoms with E-state index in [1.165, 1.54) is 12.8 Å². The number of ketones is 1. The van der Waals surface area contributed by atoms with Crippen molar-refractivity contribution in [3.8, 4) is 0 Å². The van der Waals surface area contributed by atoms with Crippen molar-refractivity contribution in [3.63, 3.8) is 0 Å². The molecule has 2 nitrogen and oxygen atoms in total. The average Bonchev–Trinajstić information content (AvgIpc) is 2.33. The maximum absolute atomic E-state index is 11.0. The van der Waals surface area contributed by atoms with E-state index >= 15 is 0 Å². The fourth-order valence-electron chi connectivity index (χ4n) is 1.79. The molecule has 10 heavy (non-hydrogen) atoms. The third-order valence-electron chi connectivity index (χ3n) is 2.41. The monoisotopic (exact) mass is 141 g/mol. The molecule has 0 radical (unpaired) electrons. The molecule has 0 saturated heterocycles. The van der Waals surface area contributed by atoms with Gasteiger partial charge in [-0.2, -0.15) is 0 Å². The van der Waals surface area contributed by atoms with Crippen LogP contribution in [0.3, 0.4) is 0 Å². The molecule has 2 heteroatoms.